The Morgan fingerprint density at radius 3 is 2.40 bits per heavy atom. The van der Waals surface area contributed by atoms with Crippen molar-refractivity contribution in [3.8, 4) is 0 Å². The van der Waals surface area contributed by atoms with Crippen molar-refractivity contribution in [3.05, 3.63) is 47.8 Å². The summed E-state index contributed by atoms with van der Waals surface area (Å²) >= 11 is 0. The highest BCUT2D eigenvalue weighted by molar-refractivity contribution is 7.89. The van der Waals surface area contributed by atoms with Gasteiger partial charge in [0.1, 0.15) is 0 Å². The molecule has 0 aliphatic heterocycles. The van der Waals surface area contributed by atoms with E-state index in [2.05, 4.69) is 5.10 Å². The predicted octanol–water partition coefficient (Wildman–Crippen LogP) is 0.733. The molecule has 2 rings (SSSR count). The molecule has 108 valence electrons. The van der Waals surface area contributed by atoms with E-state index in [-0.39, 0.29) is 18.0 Å². The summed E-state index contributed by atoms with van der Waals surface area (Å²) in [4.78, 5) is 0.209. The highest BCUT2D eigenvalue weighted by Gasteiger charge is 2.21. The highest BCUT2D eigenvalue weighted by atomic mass is 32.2. The summed E-state index contributed by atoms with van der Waals surface area (Å²) < 4.78 is 27.7. The quantitative estimate of drug-likeness (QED) is 0.882. The van der Waals surface area contributed by atoms with Gasteiger partial charge in [-0.05, 0) is 17.7 Å². The van der Waals surface area contributed by atoms with Gasteiger partial charge >= 0.3 is 0 Å². The summed E-state index contributed by atoms with van der Waals surface area (Å²) in [5, 5.41) is 13.0. The first-order valence-corrected chi connectivity index (χ1v) is 7.51. The van der Waals surface area contributed by atoms with Crippen molar-refractivity contribution in [3.63, 3.8) is 0 Å². The van der Waals surface area contributed by atoms with Crippen molar-refractivity contribution in [1.82, 2.24) is 14.1 Å². The summed E-state index contributed by atoms with van der Waals surface area (Å²) in [7, 11) is -0.225. The Bertz CT molecular complexity index is 677. The van der Waals surface area contributed by atoms with Crippen molar-refractivity contribution in [2.45, 2.75) is 18.0 Å². The largest absolute Gasteiger partial charge is 0.392 e. The smallest absolute Gasteiger partial charge is 0.243 e. The van der Waals surface area contributed by atoms with Gasteiger partial charge in [0.25, 0.3) is 0 Å². The van der Waals surface area contributed by atoms with Crippen molar-refractivity contribution in [1.29, 1.82) is 0 Å². The molecule has 0 fully saturated rings. The Kier molecular flexibility index (Phi) is 4.22. The molecular weight excluding hydrogens is 278 g/mol. The second-order valence-electron chi connectivity index (χ2n) is 4.59. The molecule has 0 amide bonds. The molecule has 20 heavy (non-hydrogen) atoms. The highest BCUT2D eigenvalue weighted by Crippen LogP contribution is 2.17. The van der Waals surface area contributed by atoms with Gasteiger partial charge in [-0.25, -0.2) is 8.42 Å². The molecule has 0 aliphatic rings. The summed E-state index contributed by atoms with van der Waals surface area (Å²) in [5.41, 5.74) is 1.50. The van der Waals surface area contributed by atoms with E-state index in [0.29, 0.717) is 5.56 Å². The van der Waals surface area contributed by atoms with Gasteiger partial charge < -0.3 is 5.11 Å². The molecule has 0 spiro atoms. The molecule has 0 aliphatic carbocycles. The number of aryl methyl sites for hydroxylation is 1. The number of sulfonamides is 1. The van der Waals surface area contributed by atoms with Crippen LogP contribution in [0.4, 0.5) is 0 Å². The van der Waals surface area contributed by atoms with Crippen molar-refractivity contribution < 1.29 is 13.5 Å². The van der Waals surface area contributed by atoms with Crippen LogP contribution in [0.2, 0.25) is 0 Å². The zero-order valence-corrected chi connectivity index (χ0v) is 12.2. The first-order chi connectivity index (χ1) is 9.43. The van der Waals surface area contributed by atoms with Crippen LogP contribution in [0, 0.1) is 0 Å². The van der Waals surface area contributed by atoms with E-state index in [1.165, 1.54) is 23.5 Å². The van der Waals surface area contributed by atoms with Crippen LogP contribution < -0.4 is 0 Å². The third-order valence-corrected chi connectivity index (χ3v) is 4.80. The lowest BCUT2D eigenvalue weighted by molar-refractivity contribution is 0.281. The summed E-state index contributed by atoms with van der Waals surface area (Å²) in [5.74, 6) is 0. The van der Waals surface area contributed by atoms with E-state index in [1.54, 1.807) is 36.3 Å². The Labute approximate surface area is 118 Å². The third kappa shape index (κ3) is 3.06. The molecule has 1 aromatic carbocycles. The second-order valence-corrected chi connectivity index (χ2v) is 6.63. The molecule has 0 atom stereocenters. The zero-order chi connectivity index (χ0) is 14.8. The normalized spacial score (nSPS) is 12.0. The van der Waals surface area contributed by atoms with Crippen LogP contribution in [-0.2, 0) is 30.2 Å². The van der Waals surface area contributed by atoms with Crippen molar-refractivity contribution in [2.75, 3.05) is 7.05 Å². The van der Waals surface area contributed by atoms with E-state index in [9.17, 15) is 8.42 Å². The van der Waals surface area contributed by atoms with Crippen molar-refractivity contribution >= 4 is 10.0 Å². The average Bonchev–Trinajstić information content (AvgIpc) is 2.84. The molecular formula is C13H17N3O3S. The molecule has 2 aromatic rings. The molecule has 0 saturated heterocycles. The average molecular weight is 295 g/mol. The zero-order valence-electron chi connectivity index (χ0n) is 11.4. The maximum atomic E-state index is 12.4. The van der Waals surface area contributed by atoms with Crippen LogP contribution in [0.1, 0.15) is 11.1 Å². The Balaban J connectivity index is 2.19. The maximum absolute atomic E-state index is 12.4. The standard InChI is InChI=1S/C13H17N3O3S/c1-15-8-12(7-14-15)9-16(2)20(18,19)13-5-3-11(10-17)4-6-13/h3-8,17H,9-10H2,1-2H3. The van der Waals surface area contributed by atoms with E-state index >= 15 is 0 Å². The van der Waals surface area contributed by atoms with Gasteiger partial charge in [-0.3, -0.25) is 4.68 Å². The van der Waals surface area contributed by atoms with Gasteiger partial charge in [0.2, 0.25) is 10.0 Å². The van der Waals surface area contributed by atoms with E-state index in [1.807, 2.05) is 0 Å². The summed E-state index contributed by atoms with van der Waals surface area (Å²) in [6.45, 7) is 0.157. The molecule has 1 N–H and O–H groups in total. The molecule has 0 radical (unpaired) electrons. The fourth-order valence-electron chi connectivity index (χ4n) is 1.84. The second kappa shape index (κ2) is 5.74. The lowest BCUT2D eigenvalue weighted by atomic mass is 10.2. The number of hydrogen-bond donors (Lipinski definition) is 1. The van der Waals surface area contributed by atoms with Gasteiger partial charge in [0, 0.05) is 32.4 Å². The van der Waals surface area contributed by atoms with Gasteiger partial charge in [-0.1, -0.05) is 12.1 Å². The molecule has 0 saturated carbocycles. The van der Waals surface area contributed by atoms with Crippen molar-refractivity contribution in [2.24, 2.45) is 7.05 Å². The van der Waals surface area contributed by atoms with Gasteiger partial charge in [-0.15, -0.1) is 0 Å². The molecule has 0 unspecified atom stereocenters. The maximum Gasteiger partial charge on any atom is 0.243 e. The Morgan fingerprint density at radius 2 is 1.90 bits per heavy atom. The van der Waals surface area contributed by atoms with Crippen LogP contribution in [0.15, 0.2) is 41.6 Å². The monoisotopic (exact) mass is 295 g/mol. The lowest BCUT2D eigenvalue weighted by Crippen LogP contribution is -2.26. The number of aliphatic hydroxyl groups excluding tert-OH is 1. The third-order valence-electron chi connectivity index (χ3n) is 2.98. The first kappa shape index (κ1) is 14.7. The minimum absolute atomic E-state index is 0.105. The summed E-state index contributed by atoms with van der Waals surface area (Å²) in [6.07, 6.45) is 3.42. The van der Waals surface area contributed by atoms with E-state index in [4.69, 9.17) is 5.11 Å². The number of nitrogens with zero attached hydrogens (tertiary/aromatic N) is 3. The number of aromatic nitrogens is 2. The number of rotatable bonds is 5. The predicted molar refractivity (Wildman–Crippen MR) is 74.2 cm³/mol. The number of aliphatic hydroxyl groups is 1. The van der Waals surface area contributed by atoms with Gasteiger partial charge in [0.15, 0.2) is 0 Å². The number of benzene rings is 1. The van der Waals surface area contributed by atoms with Gasteiger partial charge in [0.05, 0.1) is 17.7 Å². The fourth-order valence-corrected chi connectivity index (χ4v) is 3.00. The Morgan fingerprint density at radius 1 is 1.25 bits per heavy atom. The van der Waals surface area contributed by atoms with Crippen LogP contribution >= 0.6 is 0 Å². The van der Waals surface area contributed by atoms with E-state index in [0.717, 1.165) is 5.56 Å². The SMILES string of the molecule is CN(Cc1cnn(C)c1)S(=O)(=O)c1ccc(CO)cc1. The summed E-state index contributed by atoms with van der Waals surface area (Å²) in [6, 6.07) is 6.21. The van der Waals surface area contributed by atoms with E-state index < -0.39 is 10.0 Å². The Hall–Kier alpha value is -1.70. The van der Waals surface area contributed by atoms with Crippen LogP contribution in [0.25, 0.3) is 0 Å². The van der Waals surface area contributed by atoms with Gasteiger partial charge in [-0.2, -0.15) is 9.40 Å². The van der Waals surface area contributed by atoms with Crippen LogP contribution in [0.5, 0.6) is 0 Å². The molecule has 6 nitrogen and oxygen atoms in total. The molecule has 0 bridgehead atoms. The fraction of sp³-hybridized carbons (Fsp3) is 0.308. The minimum Gasteiger partial charge on any atom is -0.392 e. The first-order valence-electron chi connectivity index (χ1n) is 6.07. The number of hydrogen-bond acceptors (Lipinski definition) is 4. The lowest BCUT2D eigenvalue weighted by Gasteiger charge is -2.16. The topological polar surface area (TPSA) is 75.4 Å². The van der Waals surface area contributed by atoms with Crippen LogP contribution in [0.3, 0.4) is 0 Å². The molecule has 1 heterocycles. The minimum atomic E-state index is -3.54. The molecule has 7 heteroatoms. The van der Waals surface area contributed by atoms with Crippen LogP contribution in [-0.4, -0.2) is 34.7 Å². The molecule has 1 aromatic heterocycles.